The van der Waals surface area contributed by atoms with Gasteiger partial charge in [0.2, 0.25) is 0 Å². The molecule has 0 fully saturated rings. The largest absolute Gasteiger partial charge is 0.395 e. The molecule has 1 rings (SSSR count). The number of nitrogens with zero attached hydrogens (tertiary/aromatic N) is 2. The molecule has 0 unspecified atom stereocenters. The van der Waals surface area contributed by atoms with Gasteiger partial charge < -0.3 is 10.0 Å². The predicted octanol–water partition coefficient (Wildman–Crippen LogP) is 2.35. The first kappa shape index (κ1) is 15.0. The topological polar surface area (TPSA) is 26.7 Å². The summed E-state index contributed by atoms with van der Waals surface area (Å²) in [5.74, 6) is 0. The number of hydrogen-bond acceptors (Lipinski definition) is 3. The second kappa shape index (κ2) is 8.11. The molecule has 0 saturated carbocycles. The van der Waals surface area contributed by atoms with E-state index in [4.69, 9.17) is 5.11 Å². The summed E-state index contributed by atoms with van der Waals surface area (Å²) < 4.78 is 0. The van der Waals surface area contributed by atoms with Crippen molar-refractivity contribution in [3.05, 3.63) is 29.8 Å². The molecule has 0 atom stereocenters. The van der Waals surface area contributed by atoms with E-state index in [9.17, 15) is 0 Å². The molecule has 3 nitrogen and oxygen atoms in total. The van der Waals surface area contributed by atoms with E-state index in [1.54, 1.807) is 0 Å². The van der Waals surface area contributed by atoms with Crippen molar-refractivity contribution < 1.29 is 5.11 Å². The fourth-order valence-corrected chi connectivity index (χ4v) is 2.11. The van der Waals surface area contributed by atoms with Gasteiger partial charge in [-0.25, -0.2) is 0 Å². The second-order valence-electron chi connectivity index (χ2n) is 4.88. The first-order valence-electron chi connectivity index (χ1n) is 6.77. The Bertz CT molecular complexity index is 339. The SMILES string of the molecule is CCCCN(CCO)Cc1ccccc1N(C)C. The maximum Gasteiger partial charge on any atom is 0.0558 e. The van der Waals surface area contributed by atoms with E-state index in [1.807, 2.05) is 0 Å². The van der Waals surface area contributed by atoms with Crippen LogP contribution in [0.4, 0.5) is 5.69 Å². The second-order valence-corrected chi connectivity index (χ2v) is 4.88. The molecular weight excluding hydrogens is 224 g/mol. The Hall–Kier alpha value is -1.06. The van der Waals surface area contributed by atoms with Crippen LogP contribution in [0.25, 0.3) is 0 Å². The Morgan fingerprint density at radius 3 is 2.44 bits per heavy atom. The smallest absolute Gasteiger partial charge is 0.0558 e. The van der Waals surface area contributed by atoms with Crippen molar-refractivity contribution in [3.8, 4) is 0 Å². The molecule has 0 aliphatic rings. The lowest BCUT2D eigenvalue weighted by molar-refractivity contribution is 0.188. The van der Waals surface area contributed by atoms with Crippen LogP contribution in [-0.2, 0) is 6.54 Å². The van der Waals surface area contributed by atoms with Gasteiger partial charge in [0.25, 0.3) is 0 Å². The number of unbranched alkanes of at least 4 members (excludes halogenated alkanes) is 1. The van der Waals surface area contributed by atoms with Crippen LogP contribution in [0.1, 0.15) is 25.3 Å². The highest BCUT2D eigenvalue weighted by molar-refractivity contribution is 5.52. The van der Waals surface area contributed by atoms with Crippen LogP contribution in [0.3, 0.4) is 0 Å². The molecule has 1 aromatic rings. The minimum absolute atomic E-state index is 0.230. The van der Waals surface area contributed by atoms with Crippen molar-refractivity contribution in [2.75, 3.05) is 38.7 Å². The molecular formula is C15H26N2O. The molecule has 0 amide bonds. The minimum Gasteiger partial charge on any atom is -0.395 e. The molecule has 102 valence electrons. The molecule has 0 heterocycles. The maximum atomic E-state index is 9.14. The molecule has 0 bridgehead atoms. The average Bonchev–Trinajstić information content (AvgIpc) is 2.36. The molecule has 3 heteroatoms. The fraction of sp³-hybridized carbons (Fsp3) is 0.600. The fourth-order valence-electron chi connectivity index (χ4n) is 2.11. The molecule has 0 aliphatic carbocycles. The van der Waals surface area contributed by atoms with E-state index in [0.717, 1.165) is 19.6 Å². The highest BCUT2D eigenvalue weighted by Gasteiger charge is 2.09. The Kier molecular flexibility index (Phi) is 6.76. The van der Waals surface area contributed by atoms with Crippen molar-refractivity contribution in [3.63, 3.8) is 0 Å². The van der Waals surface area contributed by atoms with Gasteiger partial charge in [-0.1, -0.05) is 31.5 Å². The van der Waals surface area contributed by atoms with E-state index in [0.29, 0.717) is 0 Å². The van der Waals surface area contributed by atoms with Gasteiger partial charge in [-0.3, -0.25) is 4.90 Å². The Morgan fingerprint density at radius 1 is 1.11 bits per heavy atom. The minimum atomic E-state index is 0.230. The van der Waals surface area contributed by atoms with Gasteiger partial charge in [-0.2, -0.15) is 0 Å². The van der Waals surface area contributed by atoms with E-state index >= 15 is 0 Å². The van der Waals surface area contributed by atoms with Crippen molar-refractivity contribution in [1.29, 1.82) is 0 Å². The number of para-hydroxylation sites is 1. The molecule has 1 aromatic carbocycles. The monoisotopic (exact) mass is 250 g/mol. The number of rotatable bonds is 8. The Morgan fingerprint density at radius 2 is 1.83 bits per heavy atom. The first-order chi connectivity index (χ1) is 8.69. The van der Waals surface area contributed by atoms with E-state index in [-0.39, 0.29) is 6.61 Å². The van der Waals surface area contributed by atoms with Crippen molar-refractivity contribution >= 4 is 5.69 Å². The average molecular weight is 250 g/mol. The summed E-state index contributed by atoms with van der Waals surface area (Å²) in [4.78, 5) is 4.47. The quantitative estimate of drug-likeness (QED) is 0.767. The van der Waals surface area contributed by atoms with Gasteiger partial charge in [0, 0.05) is 32.9 Å². The van der Waals surface area contributed by atoms with Gasteiger partial charge >= 0.3 is 0 Å². The lowest BCUT2D eigenvalue weighted by Crippen LogP contribution is -2.28. The Balaban J connectivity index is 2.73. The number of anilines is 1. The zero-order chi connectivity index (χ0) is 13.4. The van der Waals surface area contributed by atoms with Gasteiger partial charge in [0.05, 0.1) is 6.61 Å². The summed E-state index contributed by atoms with van der Waals surface area (Å²) in [6, 6.07) is 8.47. The summed E-state index contributed by atoms with van der Waals surface area (Å²) in [6.45, 7) is 5.15. The van der Waals surface area contributed by atoms with E-state index < -0.39 is 0 Å². The maximum absolute atomic E-state index is 9.14. The number of hydrogen-bond donors (Lipinski definition) is 1. The normalized spacial score (nSPS) is 10.9. The molecule has 18 heavy (non-hydrogen) atoms. The lowest BCUT2D eigenvalue weighted by Gasteiger charge is -2.24. The summed E-state index contributed by atoms with van der Waals surface area (Å²) in [6.07, 6.45) is 2.38. The Labute approximate surface area is 111 Å². The first-order valence-corrected chi connectivity index (χ1v) is 6.77. The molecule has 0 aromatic heterocycles. The number of aliphatic hydroxyl groups excluding tert-OH is 1. The highest BCUT2D eigenvalue weighted by Crippen LogP contribution is 2.19. The molecule has 0 radical (unpaired) electrons. The van der Waals surface area contributed by atoms with Gasteiger partial charge in [0.1, 0.15) is 0 Å². The predicted molar refractivity (Wildman–Crippen MR) is 78.0 cm³/mol. The van der Waals surface area contributed by atoms with Crippen molar-refractivity contribution in [2.24, 2.45) is 0 Å². The summed E-state index contributed by atoms with van der Waals surface area (Å²) in [5.41, 5.74) is 2.59. The summed E-state index contributed by atoms with van der Waals surface area (Å²) >= 11 is 0. The molecule has 1 N–H and O–H groups in total. The van der Waals surface area contributed by atoms with Gasteiger partial charge in [-0.15, -0.1) is 0 Å². The van der Waals surface area contributed by atoms with Gasteiger partial charge in [-0.05, 0) is 24.6 Å². The van der Waals surface area contributed by atoms with Gasteiger partial charge in [0.15, 0.2) is 0 Å². The van der Waals surface area contributed by atoms with E-state index in [1.165, 1.54) is 24.1 Å². The summed E-state index contributed by atoms with van der Waals surface area (Å²) in [5, 5.41) is 9.14. The standard InChI is InChI=1S/C15H26N2O/c1-4-5-10-17(11-12-18)13-14-8-6-7-9-15(14)16(2)3/h6-9,18H,4-5,10-13H2,1-3H3. The van der Waals surface area contributed by atoms with Crippen LogP contribution in [0.2, 0.25) is 0 Å². The summed E-state index contributed by atoms with van der Waals surface area (Å²) in [7, 11) is 4.14. The van der Waals surface area contributed by atoms with Crippen LogP contribution >= 0.6 is 0 Å². The zero-order valence-electron chi connectivity index (χ0n) is 11.9. The third kappa shape index (κ3) is 4.67. The molecule has 0 saturated heterocycles. The number of benzene rings is 1. The van der Waals surface area contributed by atoms with Crippen molar-refractivity contribution in [1.82, 2.24) is 4.90 Å². The van der Waals surface area contributed by atoms with Crippen LogP contribution < -0.4 is 4.90 Å². The van der Waals surface area contributed by atoms with Crippen LogP contribution in [0, 0.1) is 0 Å². The third-order valence-electron chi connectivity index (χ3n) is 3.11. The molecule has 0 aliphatic heterocycles. The zero-order valence-corrected chi connectivity index (χ0v) is 11.9. The lowest BCUT2D eigenvalue weighted by atomic mass is 10.1. The highest BCUT2D eigenvalue weighted by atomic mass is 16.3. The van der Waals surface area contributed by atoms with Crippen molar-refractivity contribution in [2.45, 2.75) is 26.3 Å². The number of aliphatic hydroxyl groups is 1. The van der Waals surface area contributed by atoms with E-state index in [2.05, 4.69) is 55.1 Å². The third-order valence-corrected chi connectivity index (χ3v) is 3.11. The van der Waals surface area contributed by atoms with Crippen LogP contribution in [0.15, 0.2) is 24.3 Å². The van der Waals surface area contributed by atoms with Crippen LogP contribution in [-0.4, -0.2) is 43.8 Å². The van der Waals surface area contributed by atoms with Crippen LogP contribution in [0.5, 0.6) is 0 Å². The molecule has 0 spiro atoms.